The molecule has 9 aromatic rings. The third kappa shape index (κ3) is 5.24. The monoisotopic (exact) mass is 835 g/mol. The molecule has 13 rings (SSSR count). The highest BCUT2D eigenvalue weighted by molar-refractivity contribution is 6.73. The molecule has 0 amide bonds. The summed E-state index contributed by atoms with van der Waals surface area (Å²) >= 11 is 0. The predicted octanol–water partition coefficient (Wildman–Crippen LogP) is 14.9. The number of aromatic nitrogens is 1. The molecule has 2 nitrogen and oxygen atoms in total. The van der Waals surface area contributed by atoms with E-state index in [0.29, 0.717) is 0 Å². The smallest absolute Gasteiger partial charge is 0.197 e. The summed E-state index contributed by atoms with van der Waals surface area (Å²) in [5.41, 5.74) is 26.9. The van der Waals surface area contributed by atoms with Crippen LogP contribution in [0.25, 0.3) is 60.6 Å². The van der Waals surface area contributed by atoms with Gasteiger partial charge in [-0.1, -0.05) is 176 Å². The van der Waals surface area contributed by atoms with Crippen molar-refractivity contribution < 1.29 is 0 Å². The second-order valence-electron chi connectivity index (χ2n) is 20.7. The van der Waals surface area contributed by atoms with Crippen molar-refractivity contribution in [2.75, 3.05) is 4.90 Å². The van der Waals surface area contributed by atoms with Crippen molar-refractivity contribution in [2.24, 2.45) is 0 Å². The highest BCUT2D eigenvalue weighted by atomic mass is 15.2. The highest BCUT2D eigenvalue weighted by Crippen LogP contribution is 2.58. The zero-order valence-corrected chi connectivity index (χ0v) is 38.4. The van der Waals surface area contributed by atoms with Gasteiger partial charge in [-0.2, -0.15) is 0 Å². The van der Waals surface area contributed by atoms with Crippen LogP contribution in [0.2, 0.25) is 0 Å². The number of H-pyrrole nitrogens is 1. The molecule has 3 heteroatoms. The van der Waals surface area contributed by atoms with E-state index in [1.54, 1.807) is 0 Å². The topological polar surface area (TPSA) is 19.0 Å². The van der Waals surface area contributed by atoms with Gasteiger partial charge in [-0.25, -0.2) is 0 Å². The van der Waals surface area contributed by atoms with Crippen LogP contribution in [0.1, 0.15) is 106 Å². The normalized spacial score (nSPS) is 16.3. The minimum atomic E-state index is -0.225. The maximum Gasteiger partial charge on any atom is 0.197 e. The Morgan fingerprint density at radius 2 is 1.12 bits per heavy atom. The van der Waals surface area contributed by atoms with Gasteiger partial charge in [-0.3, -0.25) is 0 Å². The van der Waals surface area contributed by atoms with Crippen LogP contribution in [0.5, 0.6) is 0 Å². The van der Waals surface area contributed by atoms with E-state index in [2.05, 4.69) is 223 Å². The van der Waals surface area contributed by atoms with Gasteiger partial charge in [0.2, 0.25) is 0 Å². The lowest BCUT2D eigenvalue weighted by molar-refractivity contribution is 0.660. The average Bonchev–Trinajstić information content (AvgIpc) is 3.97. The molecule has 0 saturated carbocycles. The van der Waals surface area contributed by atoms with Crippen LogP contribution >= 0.6 is 0 Å². The molecule has 0 atom stereocenters. The van der Waals surface area contributed by atoms with Gasteiger partial charge in [-0.05, 0) is 132 Å². The van der Waals surface area contributed by atoms with E-state index in [0.717, 1.165) is 18.5 Å². The quantitative estimate of drug-likeness (QED) is 0.171. The molecular formula is C62H52BN2. The molecule has 1 N–H and O–H groups in total. The maximum atomic E-state index is 3.97. The van der Waals surface area contributed by atoms with Crippen LogP contribution in [-0.4, -0.2) is 12.3 Å². The molecule has 0 fully saturated rings. The van der Waals surface area contributed by atoms with E-state index in [9.17, 15) is 0 Å². The third-order valence-electron chi connectivity index (χ3n) is 15.9. The van der Waals surface area contributed by atoms with Crippen LogP contribution in [0, 0.1) is 0 Å². The molecule has 1 radical (unpaired) electrons. The summed E-state index contributed by atoms with van der Waals surface area (Å²) < 4.78 is 0. The molecule has 1 aliphatic heterocycles. The van der Waals surface area contributed by atoms with Crippen LogP contribution in [-0.2, 0) is 16.2 Å². The van der Waals surface area contributed by atoms with E-state index in [1.807, 2.05) is 0 Å². The first-order valence-electron chi connectivity index (χ1n) is 23.7. The lowest BCUT2D eigenvalue weighted by Crippen LogP contribution is -2.43. The maximum absolute atomic E-state index is 3.97. The molecule has 0 unspecified atom stereocenters. The van der Waals surface area contributed by atoms with Crippen molar-refractivity contribution in [3.63, 3.8) is 0 Å². The SMILES string of the molecule is CCC/C=C(\c1cc2cc3ccccc3cc2[nH]1)c1cc2c(c3c1[B]c1cc4c(cc1N3c1ccc3c(c1)-c1ccccc1C3(C)C)-c1ccccc1C4(C)C)-c1ccccc1C2(C)C. The van der Waals surface area contributed by atoms with Crippen molar-refractivity contribution in [1.82, 2.24) is 4.98 Å². The third-order valence-corrected chi connectivity index (χ3v) is 15.9. The summed E-state index contributed by atoms with van der Waals surface area (Å²) in [7, 11) is 2.55. The number of aromatic amines is 1. The summed E-state index contributed by atoms with van der Waals surface area (Å²) in [4.78, 5) is 6.64. The number of unbranched alkanes of at least 4 members (excludes halogenated alkanes) is 1. The molecule has 1 aromatic heterocycles. The predicted molar refractivity (Wildman–Crippen MR) is 277 cm³/mol. The van der Waals surface area contributed by atoms with Gasteiger partial charge in [-0.15, -0.1) is 0 Å². The van der Waals surface area contributed by atoms with Gasteiger partial charge in [0.1, 0.15) is 0 Å². The first kappa shape index (κ1) is 38.6. The van der Waals surface area contributed by atoms with E-state index < -0.39 is 0 Å². The number of rotatable bonds is 5. The van der Waals surface area contributed by atoms with E-state index in [-0.39, 0.29) is 16.2 Å². The van der Waals surface area contributed by atoms with Crippen molar-refractivity contribution in [3.05, 3.63) is 202 Å². The van der Waals surface area contributed by atoms with E-state index in [1.165, 1.54) is 128 Å². The van der Waals surface area contributed by atoms with Crippen molar-refractivity contribution in [1.29, 1.82) is 0 Å². The number of nitrogens with zero attached hydrogens (tertiary/aromatic N) is 1. The fraction of sp³-hybridized carbons (Fsp3) is 0.194. The molecule has 8 aromatic carbocycles. The molecule has 3 aliphatic carbocycles. The average molecular weight is 836 g/mol. The molecule has 65 heavy (non-hydrogen) atoms. The van der Waals surface area contributed by atoms with Crippen LogP contribution < -0.4 is 15.8 Å². The van der Waals surface area contributed by atoms with E-state index >= 15 is 0 Å². The van der Waals surface area contributed by atoms with Crippen molar-refractivity contribution >= 4 is 62.5 Å². The molecule has 0 bridgehead atoms. The zero-order valence-electron chi connectivity index (χ0n) is 38.4. The largest absolute Gasteiger partial charge is 0.355 e. The van der Waals surface area contributed by atoms with Crippen molar-refractivity contribution in [3.8, 4) is 33.4 Å². The van der Waals surface area contributed by atoms with Crippen molar-refractivity contribution in [2.45, 2.75) is 77.6 Å². The minimum absolute atomic E-state index is 0.0894. The summed E-state index contributed by atoms with van der Waals surface area (Å²) in [5, 5.41) is 3.75. The Labute approximate surface area is 383 Å². The summed E-state index contributed by atoms with van der Waals surface area (Å²) in [6, 6.07) is 58.1. The Morgan fingerprint density at radius 3 is 1.83 bits per heavy atom. The summed E-state index contributed by atoms with van der Waals surface area (Å²) in [5.74, 6) is 0. The molecule has 313 valence electrons. The molecule has 4 aliphatic rings. The van der Waals surface area contributed by atoms with E-state index in [4.69, 9.17) is 0 Å². The van der Waals surface area contributed by atoms with Gasteiger partial charge in [0.05, 0.1) is 0 Å². The van der Waals surface area contributed by atoms with Crippen LogP contribution in [0.3, 0.4) is 0 Å². The second kappa shape index (κ2) is 13.4. The number of allylic oxidation sites excluding steroid dienone is 1. The number of fused-ring (bicyclic) bond motifs is 14. The first-order valence-corrected chi connectivity index (χ1v) is 23.7. The van der Waals surface area contributed by atoms with Crippen LogP contribution in [0.15, 0.2) is 158 Å². The standard InChI is InChI=1S/C62H52BN2/c1-8-9-20-42(55-31-38-29-36-18-10-11-19-37(36)30-54(38)64-55)46-33-52-57(43-23-14-17-26-49(43)62(52,6)7)59-58(46)63-53-35-51-45(41-22-13-16-25-48(41)61(51,4)5)34-56(53)65(59)39-27-28-50-44(32-39)40-21-12-15-24-47(40)60(50,2)3/h10-35,64H,8-9H2,1-7H3/b42-20-. The summed E-state index contributed by atoms with van der Waals surface area (Å²) in [6.45, 7) is 16.7. The second-order valence-corrected chi connectivity index (χ2v) is 20.7. The first-order chi connectivity index (χ1) is 31.4. The lowest BCUT2D eigenvalue weighted by atomic mass is 9.56. The number of hydrogen-bond acceptors (Lipinski definition) is 1. The zero-order chi connectivity index (χ0) is 44.1. The fourth-order valence-corrected chi connectivity index (χ4v) is 12.5. The highest BCUT2D eigenvalue weighted by Gasteiger charge is 2.44. The summed E-state index contributed by atoms with van der Waals surface area (Å²) in [6.07, 6.45) is 4.54. The van der Waals surface area contributed by atoms with Crippen LogP contribution in [0.4, 0.5) is 17.1 Å². The lowest BCUT2D eigenvalue weighted by Gasteiger charge is -2.38. The minimum Gasteiger partial charge on any atom is -0.355 e. The number of anilines is 3. The van der Waals surface area contributed by atoms with Gasteiger partial charge in [0.15, 0.2) is 7.28 Å². The van der Waals surface area contributed by atoms with Gasteiger partial charge < -0.3 is 9.88 Å². The Balaban J connectivity index is 1.14. The number of nitrogens with one attached hydrogen (secondary N) is 1. The molecular weight excluding hydrogens is 784 g/mol. The molecule has 2 heterocycles. The Hall–Kier alpha value is -6.84. The Morgan fingerprint density at radius 1 is 0.538 bits per heavy atom. The number of benzene rings is 8. The van der Waals surface area contributed by atoms with Gasteiger partial charge in [0.25, 0.3) is 0 Å². The number of hydrogen-bond donors (Lipinski definition) is 1. The van der Waals surface area contributed by atoms with Gasteiger partial charge >= 0.3 is 0 Å². The molecule has 0 spiro atoms. The molecule has 0 saturated heterocycles. The van der Waals surface area contributed by atoms with Gasteiger partial charge in [0, 0.05) is 61.0 Å². The fourth-order valence-electron chi connectivity index (χ4n) is 12.5. The Kier molecular flexibility index (Phi) is 7.94. The Bertz CT molecular complexity index is 3520.